The zero-order chi connectivity index (χ0) is 23.2. The highest BCUT2D eigenvalue weighted by atomic mass is 31.2. The van der Waals surface area contributed by atoms with Crippen LogP contribution in [0.15, 0.2) is 84.9 Å². The number of carboxylic acids is 1. The van der Waals surface area contributed by atoms with Gasteiger partial charge in [0.15, 0.2) is 0 Å². The van der Waals surface area contributed by atoms with Crippen LogP contribution >= 0.6 is 7.75 Å². The Morgan fingerprint density at radius 1 is 0.969 bits per heavy atom. The Bertz CT molecular complexity index is 1120. The third-order valence-electron chi connectivity index (χ3n) is 4.50. The van der Waals surface area contributed by atoms with Crippen LogP contribution in [0.3, 0.4) is 0 Å². The summed E-state index contributed by atoms with van der Waals surface area (Å²) >= 11 is 0. The highest BCUT2D eigenvalue weighted by molar-refractivity contribution is 7.52. The number of non-ortho nitro benzene ring substituents is 1. The lowest BCUT2D eigenvalue weighted by Crippen LogP contribution is -2.50. The van der Waals surface area contributed by atoms with E-state index in [9.17, 15) is 24.6 Å². The van der Waals surface area contributed by atoms with Gasteiger partial charge in [-0.3, -0.25) is 14.9 Å². The average molecular weight is 456 g/mol. The van der Waals surface area contributed by atoms with Gasteiger partial charge in [0, 0.05) is 18.6 Å². The molecule has 0 saturated carbocycles. The number of nitro benzene ring substituents is 1. The number of carbonyl (C=O) groups is 1. The molecule has 0 aliphatic heterocycles. The first-order chi connectivity index (χ1) is 15.2. The normalized spacial score (nSPS) is 14.5. The third kappa shape index (κ3) is 5.94. The van der Waals surface area contributed by atoms with E-state index in [0.29, 0.717) is 5.56 Å². The van der Waals surface area contributed by atoms with Gasteiger partial charge >= 0.3 is 13.7 Å². The van der Waals surface area contributed by atoms with Crippen LogP contribution in [0.4, 0.5) is 5.69 Å². The van der Waals surface area contributed by atoms with Crippen molar-refractivity contribution < 1.29 is 28.4 Å². The number of aliphatic carboxylic acids is 1. The maximum Gasteiger partial charge on any atom is 0.513 e. The van der Waals surface area contributed by atoms with Crippen molar-refractivity contribution in [2.45, 2.75) is 18.9 Å². The molecule has 0 aliphatic rings. The molecule has 3 rings (SSSR count). The fourth-order valence-corrected chi connectivity index (χ4v) is 4.63. The second-order valence-electron chi connectivity index (χ2n) is 7.16. The van der Waals surface area contributed by atoms with Crippen molar-refractivity contribution in [1.82, 2.24) is 5.09 Å². The lowest BCUT2D eigenvalue weighted by atomic mass is 9.94. The number of hydrogen-bond acceptors (Lipinski definition) is 6. The molecule has 0 saturated heterocycles. The van der Waals surface area contributed by atoms with Gasteiger partial charge in [0.2, 0.25) is 0 Å². The number of rotatable bonds is 10. The van der Waals surface area contributed by atoms with Crippen LogP contribution in [0, 0.1) is 10.1 Å². The first-order valence-electron chi connectivity index (χ1n) is 9.55. The second-order valence-corrected chi connectivity index (χ2v) is 8.74. The van der Waals surface area contributed by atoms with Crippen molar-refractivity contribution in [1.29, 1.82) is 0 Å². The summed E-state index contributed by atoms with van der Waals surface area (Å²) in [6, 6.07) is 21.9. The maximum atomic E-state index is 13.7. The molecule has 2 unspecified atom stereocenters. The number of nitrogens with zero attached hydrogens (tertiary/aromatic N) is 1. The first-order valence-corrected chi connectivity index (χ1v) is 11.1. The van der Waals surface area contributed by atoms with E-state index in [1.807, 2.05) is 0 Å². The molecule has 2 N–H and O–H groups in total. The quantitative estimate of drug-likeness (QED) is 0.252. The minimum absolute atomic E-state index is 0.00503. The summed E-state index contributed by atoms with van der Waals surface area (Å²) in [5.74, 6) is -1.06. The topological polar surface area (TPSA) is 128 Å². The first kappa shape index (κ1) is 23.0. The van der Waals surface area contributed by atoms with Gasteiger partial charge in [-0.25, -0.2) is 4.57 Å². The SMILES string of the molecule is CC(Cc1ccccc1)(NP(=O)(Oc1ccccc1)Oc1ccc([N+](=O)[O-])cc1)C(=O)O. The molecule has 32 heavy (non-hydrogen) atoms. The van der Waals surface area contributed by atoms with Crippen LogP contribution in [0.5, 0.6) is 11.5 Å². The molecule has 3 aromatic rings. The summed E-state index contributed by atoms with van der Waals surface area (Å²) in [7, 11) is -4.32. The van der Waals surface area contributed by atoms with E-state index >= 15 is 0 Å². The van der Waals surface area contributed by atoms with Crippen LogP contribution in [0.1, 0.15) is 12.5 Å². The Balaban J connectivity index is 1.93. The minimum Gasteiger partial charge on any atom is -0.480 e. The molecule has 10 heteroatoms. The van der Waals surface area contributed by atoms with Crippen molar-refractivity contribution in [2.24, 2.45) is 0 Å². The molecule has 9 nitrogen and oxygen atoms in total. The summed E-state index contributed by atoms with van der Waals surface area (Å²) in [4.78, 5) is 22.5. The molecule has 166 valence electrons. The maximum absolute atomic E-state index is 13.7. The van der Waals surface area contributed by atoms with Gasteiger partial charge < -0.3 is 14.2 Å². The van der Waals surface area contributed by atoms with Crippen molar-refractivity contribution in [2.75, 3.05) is 0 Å². The van der Waals surface area contributed by atoms with Crippen molar-refractivity contribution in [3.63, 3.8) is 0 Å². The Morgan fingerprint density at radius 2 is 1.47 bits per heavy atom. The molecule has 0 aliphatic carbocycles. The zero-order valence-corrected chi connectivity index (χ0v) is 18.0. The fraction of sp³-hybridized carbons (Fsp3) is 0.136. The summed E-state index contributed by atoms with van der Waals surface area (Å²) in [6.07, 6.45) is -0.00503. The number of benzene rings is 3. The van der Waals surface area contributed by atoms with E-state index in [2.05, 4.69) is 5.09 Å². The second kappa shape index (κ2) is 9.64. The monoisotopic (exact) mass is 456 g/mol. The summed E-state index contributed by atoms with van der Waals surface area (Å²) in [6.45, 7) is 1.38. The van der Waals surface area contributed by atoms with Gasteiger partial charge in [-0.1, -0.05) is 48.5 Å². The summed E-state index contributed by atoms with van der Waals surface area (Å²) in [5, 5.41) is 23.4. The number of hydrogen-bond donors (Lipinski definition) is 2. The number of nitro groups is 1. The molecule has 2 atom stereocenters. The molecule has 0 radical (unpaired) electrons. The molecule has 0 fully saturated rings. The predicted molar refractivity (Wildman–Crippen MR) is 118 cm³/mol. The van der Waals surface area contributed by atoms with Crippen molar-refractivity contribution >= 4 is 19.4 Å². The van der Waals surface area contributed by atoms with Gasteiger partial charge in [-0.15, -0.1) is 0 Å². The Morgan fingerprint density at radius 3 is 1.97 bits per heavy atom. The molecule has 0 bridgehead atoms. The van der Waals surface area contributed by atoms with E-state index in [-0.39, 0.29) is 23.6 Å². The Kier molecular flexibility index (Phi) is 6.92. The van der Waals surface area contributed by atoms with E-state index in [4.69, 9.17) is 9.05 Å². The third-order valence-corrected chi connectivity index (χ3v) is 6.17. The molecule has 3 aromatic carbocycles. The van der Waals surface area contributed by atoms with Gasteiger partial charge in [-0.2, -0.15) is 5.09 Å². The van der Waals surface area contributed by atoms with E-state index < -0.39 is 24.2 Å². The van der Waals surface area contributed by atoms with Gasteiger partial charge in [0.25, 0.3) is 5.69 Å². The average Bonchev–Trinajstić information content (AvgIpc) is 2.75. The standard InChI is InChI=1S/C22H21N2O7P/c1-22(21(25)26,16-17-8-4-2-5-9-17)23-32(29,30-19-10-6-3-7-11-19)31-20-14-12-18(13-15-20)24(27)28/h2-15H,16H2,1H3,(H,23,29)(H,25,26). The van der Waals surface area contributed by atoms with Crippen molar-refractivity contribution in [3.8, 4) is 11.5 Å². The van der Waals surface area contributed by atoms with Gasteiger partial charge in [-0.05, 0) is 36.8 Å². The Labute approximate surface area is 184 Å². The molecule has 0 aromatic heterocycles. The smallest absolute Gasteiger partial charge is 0.480 e. The minimum atomic E-state index is -4.32. The molecule has 0 heterocycles. The molecular formula is C22H21N2O7P. The summed E-state index contributed by atoms with van der Waals surface area (Å²) < 4.78 is 24.9. The lowest BCUT2D eigenvalue weighted by molar-refractivity contribution is -0.384. The largest absolute Gasteiger partial charge is 0.513 e. The van der Waals surface area contributed by atoms with Gasteiger partial charge in [0.05, 0.1) is 4.92 Å². The van der Waals surface area contributed by atoms with Crippen LogP contribution in [0.2, 0.25) is 0 Å². The zero-order valence-electron chi connectivity index (χ0n) is 17.1. The van der Waals surface area contributed by atoms with E-state index in [1.54, 1.807) is 60.7 Å². The number of nitrogens with one attached hydrogen (secondary N) is 1. The van der Waals surface area contributed by atoms with Crippen LogP contribution in [-0.4, -0.2) is 21.5 Å². The van der Waals surface area contributed by atoms with Gasteiger partial charge in [0.1, 0.15) is 17.0 Å². The van der Waals surface area contributed by atoms with Crippen LogP contribution in [0.25, 0.3) is 0 Å². The van der Waals surface area contributed by atoms with Crippen LogP contribution < -0.4 is 14.1 Å². The lowest BCUT2D eigenvalue weighted by Gasteiger charge is -2.30. The summed E-state index contributed by atoms with van der Waals surface area (Å²) in [5.41, 5.74) is -1.19. The molecular weight excluding hydrogens is 435 g/mol. The van der Waals surface area contributed by atoms with E-state index in [1.165, 1.54) is 31.2 Å². The fourth-order valence-electron chi connectivity index (χ4n) is 2.92. The molecule has 0 spiro atoms. The molecule has 0 amide bonds. The predicted octanol–water partition coefficient (Wildman–Crippen LogP) is 4.84. The Hall–Kier alpha value is -3.68. The highest BCUT2D eigenvalue weighted by Gasteiger charge is 2.44. The van der Waals surface area contributed by atoms with E-state index in [0.717, 1.165) is 0 Å². The number of para-hydroxylation sites is 1. The number of carboxylic acid groups (broad SMARTS) is 1. The van der Waals surface area contributed by atoms with Crippen LogP contribution in [-0.2, 0) is 15.8 Å². The van der Waals surface area contributed by atoms with Crippen molar-refractivity contribution in [3.05, 3.63) is 101 Å². The highest BCUT2D eigenvalue weighted by Crippen LogP contribution is 2.47.